The molecule has 2 aromatic rings. The van der Waals surface area contributed by atoms with Crippen molar-refractivity contribution >= 4 is 6.29 Å². The summed E-state index contributed by atoms with van der Waals surface area (Å²) in [5.74, 6) is -0.245. The van der Waals surface area contributed by atoms with Gasteiger partial charge in [0.1, 0.15) is 5.82 Å². The van der Waals surface area contributed by atoms with Crippen molar-refractivity contribution < 1.29 is 9.18 Å². The van der Waals surface area contributed by atoms with Crippen molar-refractivity contribution in [2.24, 2.45) is 0 Å². The molecule has 15 heavy (non-hydrogen) atoms. The average molecular weight is 204 g/mol. The summed E-state index contributed by atoms with van der Waals surface area (Å²) in [7, 11) is 0. The summed E-state index contributed by atoms with van der Waals surface area (Å²) in [6.45, 7) is 1.69. The topological polar surface area (TPSA) is 45.8 Å². The Bertz CT molecular complexity index is 505. The van der Waals surface area contributed by atoms with Crippen molar-refractivity contribution in [1.82, 2.24) is 10.2 Å². The van der Waals surface area contributed by atoms with Crippen molar-refractivity contribution in [3.8, 4) is 11.3 Å². The van der Waals surface area contributed by atoms with Gasteiger partial charge in [-0.1, -0.05) is 0 Å². The molecule has 0 unspecified atom stereocenters. The Morgan fingerprint density at radius 2 is 2.20 bits per heavy atom. The van der Waals surface area contributed by atoms with Crippen molar-refractivity contribution in [2.45, 2.75) is 6.92 Å². The maximum Gasteiger partial charge on any atom is 0.167 e. The summed E-state index contributed by atoms with van der Waals surface area (Å²) >= 11 is 0. The van der Waals surface area contributed by atoms with Crippen LogP contribution in [0.5, 0.6) is 0 Å². The third-order valence-corrected chi connectivity index (χ3v) is 2.18. The Hall–Kier alpha value is -1.97. The van der Waals surface area contributed by atoms with Gasteiger partial charge in [-0.15, -0.1) is 0 Å². The highest BCUT2D eigenvalue weighted by molar-refractivity contribution is 5.75. The van der Waals surface area contributed by atoms with Crippen LogP contribution in [-0.2, 0) is 0 Å². The fraction of sp³-hybridized carbons (Fsp3) is 0.0909. The van der Waals surface area contributed by atoms with Crippen LogP contribution in [-0.4, -0.2) is 16.5 Å². The number of nitrogens with one attached hydrogen (secondary N) is 1. The number of aromatic nitrogens is 2. The van der Waals surface area contributed by atoms with Crippen LogP contribution in [0.4, 0.5) is 4.39 Å². The minimum Gasteiger partial charge on any atom is -0.296 e. The molecular formula is C11H9FN2O. The molecule has 1 N–H and O–H groups in total. The van der Waals surface area contributed by atoms with Crippen LogP contribution in [0, 0.1) is 12.7 Å². The van der Waals surface area contributed by atoms with Gasteiger partial charge in [0.2, 0.25) is 0 Å². The monoisotopic (exact) mass is 204 g/mol. The Labute approximate surface area is 85.9 Å². The number of aryl methyl sites for hydroxylation is 1. The number of hydrogen-bond acceptors (Lipinski definition) is 2. The number of benzene rings is 1. The number of carbonyl (C=O) groups is 1. The summed E-state index contributed by atoms with van der Waals surface area (Å²) < 4.78 is 13.0. The van der Waals surface area contributed by atoms with E-state index in [1.807, 2.05) is 0 Å². The van der Waals surface area contributed by atoms with Crippen molar-refractivity contribution in [1.29, 1.82) is 0 Å². The largest absolute Gasteiger partial charge is 0.296 e. The number of carbonyl (C=O) groups excluding carboxylic acids is 1. The molecular weight excluding hydrogens is 195 g/mol. The molecule has 0 saturated heterocycles. The van der Waals surface area contributed by atoms with Crippen molar-refractivity contribution in [2.75, 3.05) is 0 Å². The molecule has 1 aromatic heterocycles. The fourth-order valence-corrected chi connectivity index (χ4v) is 1.35. The first-order valence-corrected chi connectivity index (χ1v) is 4.48. The van der Waals surface area contributed by atoms with E-state index in [1.54, 1.807) is 25.1 Å². The lowest BCUT2D eigenvalue weighted by Gasteiger charge is -1.99. The first kappa shape index (κ1) is 9.58. The number of hydrogen-bond donors (Lipinski definition) is 1. The predicted octanol–water partition coefficient (Wildman–Crippen LogP) is 2.34. The van der Waals surface area contributed by atoms with Crippen molar-refractivity contribution in [3.05, 3.63) is 41.3 Å². The summed E-state index contributed by atoms with van der Waals surface area (Å²) in [4.78, 5) is 10.4. The molecule has 0 spiro atoms. The van der Waals surface area contributed by atoms with Gasteiger partial charge in [0.25, 0.3) is 0 Å². The molecule has 76 valence electrons. The summed E-state index contributed by atoms with van der Waals surface area (Å²) in [6, 6.07) is 6.34. The smallest absolute Gasteiger partial charge is 0.167 e. The molecule has 2 rings (SSSR count). The van der Waals surface area contributed by atoms with Crippen LogP contribution in [0.25, 0.3) is 11.3 Å². The highest BCUT2D eigenvalue weighted by Crippen LogP contribution is 2.19. The van der Waals surface area contributed by atoms with E-state index in [-0.39, 0.29) is 5.82 Å². The van der Waals surface area contributed by atoms with Crippen LogP contribution in [0.2, 0.25) is 0 Å². The molecule has 0 bridgehead atoms. The number of H-pyrrole nitrogens is 1. The molecule has 0 saturated carbocycles. The molecule has 0 fully saturated rings. The average Bonchev–Trinajstić information content (AvgIpc) is 2.70. The zero-order chi connectivity index (χ0) is 10.8. The molecule has 0 atom stereocenters. The number of rotatable bonds is 2. The summed E-state index contributed by atoms with van der Waals surface area (Å²) in [5.41, 5.74) is 2.40. The molecule has 0 aliphatic rings. The minimum absolute atomic E-state index is 0.245. The van der Waals surface area contributed by atoms with Gasteiger partial charge in [-0.3, -0.25) is 9.89 Å². The van der Waals surface area contributed by atoms with Crippen LogP contribution in [0.15, 0.2) is 24.3 Å². The van der Waals surface area contributed by atoms with Gasteiger partial charge in [0, 0.05) is 5.56 Å². The molecule has 0 amide bonds. The summed E-state index contributed by atoms with van der Waals surface area (Å²) in [5, 5.41) is 6.53. The van der Waals surface area contributed by atoms with Crippen LogP contribution in [0.1, 0.15) is 16.1 Å². The zero-order valence-electron chi connectivity index (χ0n) is 8.12. The van der Waals surface area contributed by atoms with E-state index in [1.165, 1.54) is 6.07 Å². The van der Waals surface area contributed by atoms with E-state index >= 15 is 0 Å². The zero-order valence-corrected chi connectivity index (χ0v) is 8.12. The van der Waals surface area contributed by atoms with Crippen LogP contribution in [0.3, 0.4) is 0 Å². The molecule has 1 heterocycles. The number of aromatic amines is 1. The van der Waals surface area contributed by atoms with E-state index in [0.29, 0.717) is 23.2 Å². The highest BCUT2D eigenvalue weighted by atomic mass is 19.1. The SMILES string of the molecule is Cc1cc(-c2cc(C=O)[nH]n2)ccc1F. The number of nitrogens with zero attached hydrogens (tertiary/aromatic N) is 1. The Morgan fingerprint density at radius 1 is 1.40 bits per heavy atom. The minimum atomic E-state index is -0.245. The van der Waals surface area contributed by atoms with E-state index in [2.05, 4.69) is 10.2 Å². The molecule has 3 nitrogen and oxygen atoms in total. The van der Waals surface area contributed by atoms with Crippen LogP contribution < -0.4 is 0 Å². The standard InChI is InChI=1S/C11H9FN2O/c1-7-4-8(2-3-10(7)12)11-5-9(6-15)13-14-11/h2-6H,1H3,(H,13,14). The molecule has 4 heteroatoms. The predicted molar refractivity (Wildman–Crippen MR) is 54.1 cm³/mol. The lowest BCUT2D eigenvalue weighted by Crippen LogP contribution is -1.84. The maximum absolute atomic E-state index is 13.0. The molecule has 0 aliphatic carbocycles. The first-order valence-electron chi connectivity index (χ1n) is 4.48. The van der Waals surface area contributed by atoms with Gasteiger partial charge in [-0.25, -0.2) is 4.39 Å². The van der Waals surface area contributed by atoms with Gasteiger partial charge in [-0.05, 0) is 36.8 Å². The van der Waals surface area contributed by atoms with Gasteiger partial charge in [0.05, 0.1) is 11.4 Å². The normalized spacial score (nSPS) is 10.3. The van der Waals surface area contributed by atoms with E-state index in [0.717, 1.165) is 5.56 Å². The van der Waals surface area contributed by atoms with Gasteiger partial charge in [0.15, 0.2) is 6.29 Å². The Morgan fingerprint density at radius 3 is 2.80 bits per heavy atom. The second kappa shape index (κ2) is 3.65. The summed E-state index contributed by atoms with van der Waals surface area (Å²) in [6.07, 6.45) is 0.687. The second-order valence-corrected chi connectivity index (χ2v) is 3.29. The third-order valence-electron chi connectivity index (χ3n) is 2.18. The number of aldehydes is 1. The van der Waals surface area contributed by atoms with Gasteiger partial charge >= 0.3 is 0 Å². The lowest BCUT2D eigenvalue weighted by atomic mass is 10.1. The molecule has 0 aliphatic heterocycles. The van der Waals surface area contributed by atoms with E-state index < -0.39 is 0 Å². The van der Waals surface area contributed by atoms with E-state index in [4.69, 9.17) is 0 Å². The Balaban J connectivity index is 2.44. The molecule has 1 aromatic carbocycles. The van der Waals surface area contributed by atoms with Gasteiger partial charge in [-0.2, -0.15) is 5.10 Å². The second-order valence-electron chi connectivity index (χ2n) is 3.29. The highest BCUT2D eigenvalue weighted by Gasteiger charge is 2.05. The van der Waals surface area contributed by atoms with Crippen molar-refractivity contribution in [3.63, 3.8) is 0 Å². The lowest BCUT2D eigenvalue weighted by molar-refractivity contribution is 0.111. The van der Waals surface area contributed by atoms with Gasteiger partial charge < -0.3 is 0 Å². The Kier molecular flexibility index (Phi) is 2.33. The number of halogens is 1. The maximum atomic E-state index is 13.0. The fourth-order valence-electron chi connectivity index (χ4n) is 1.35. The van der Waals surface area contributed by atoms with Crippen LogP contribution >= 0.6 is 0 Å². The van der Waals surface area contributed by atoms with E-state index in [9.17, 15) is 9.18 Å². The quantitative estimate of drug-likeness (QED) is 0.763. The third kappa shape index (κ3) is 1.79. The first-order chi connectivity index (χ1) is 7.20. The molecule has 0 radical (unpaired) electrons.